The highest BCUT2D eigenvalue weighted by Gasteiger charge is 2.11. The van der Waals surface area contributed by atoms with Gasteiger partial charge in [-0.1, -0.05) is 64.2 Å². The smallest absolute Gasteiger partial charge is 0.000151 e. The van der Waals surface area contributed by atoms with Gasteiger partial charge in [-0.2, -0.15) is 0 Å². The Labute approximate surface area is 100 Å². The highest BCUT2D eigenvalue weighted by Crippen LogP contribution is 2.27. The molecule has 16 heavy (non-hydrogen) atoms. The molecule has 1 aliphatic rings. The molecule has 1 rings (SSSR count). The molecule has 0 spiro atoms. The Bertz CT molecular complexity index is 315. The standard InChI is InChI=1S/C16H24/c1-5-13(3)9-7-11-15(6-2)16-12-8-10-14(16)4/h6,8,10-14H,2,5,7,9H2,1,3-4H3. The van der Waals surface area contributed by atoms with Gasteiger partial charge in [-0.3, -0.25) is 0 Å². The molecule has 0 heteroatoms. The second-order valence-electron chi connectivity index (χ2n) is 4.75. The van der Waals surface area contributed by atoms with Gasteiger partial charge in [0, 0.05) is 0 Å². The van der Waals surface area contributed by atoms with E-state index in [9.17, 15) is 0 Å². The Balaban J connectivity index is 2.54. The summed E-state index contributed by atoms with van der Waals surface area (Å²) >= 11 is 0. The third-order valence-electron chi connectivity index (χ3n) is 3.44. The summed E-state index contributed by atoms with van der Waals surface area (Å²) in [4.78, 5) is 0. The van der Waals surface area contributed by atoms with Gasteiger partial charge in [0.05, 0.1) is 0 Å². The normalized spacial score (nSPS) is 22.1. The van der Waals surface area contributed by atoms with Crippen molar-refractivity contribution in [2.45, 2.75) is 40.0 Å². The predicted molar refractivity (Wildman–Crippen MR) is 73.4 cm³/mol. The maximum atomic E-state index is 3.92. The van der Waals surface area contributed by atoms with Crippen molar-refractivity contribution in [3.8, 4) is 0 Å². The molecule has 1 aliphatic carbocycles. The van der Waals surface area contributed by atoms with Crippen LogP contribution in [0.15, 0.2) is 48.1 Å². The van der Waals surface area contributed by atoms with Crippen molar-refractivity contribution in [2.75, 3.05) is 0 Å². The Kier molecular flexibility index (Phi) is 5.31. The summed E-state index contributed by atoms with van der Waals surface area (Å²) in [6, 6.07) is 0. The van der Waals surface area contributed by atoms with Crippen molar-refractivity contribution in [2.24, 2.45) is 11.8 Å². The Morgan fingerprint density at radius 3 is 2.81 bits per heavy atom. The average Bonchev–Trinajstić information content (AvgIpc) is 2.70. The van der Waals surface area contributed by atoms with Crippen LogP contribution in [0.4, 0.5) is 0 Å². The molecular formula is C16H24. The molecule has 0 radical (unpaired) electrons. The lowest BCUT2D eigenvalue weighted by Gasteiger charge is -2.11. The first-order valence-corrected chi connectivity index (χ1v) is 6.40. The number of hydrogen-bond acceptors (Lipinski definition) is 0. The van der Waals surface area contributed by atoms with E-state index in [0.29, 0.717) is 5.92 Å². The van der Waals surface area contributed by atoms with Crippen LogP contribution in [0, 0.1) is 11.8 Å². The Morgan fingerprint density at radius 1 is 1.56 bits per heavy atom. The first-order chi connectivity index (χ1) is 7.69. The zero-order valence-electron chi connectivity index (χ0n) is 10.9. The topological polar surface area (TPSA) is 0 Å². The second kappa shape index (κ2) is 6.52. The molecule has 0 heterocycles. The van der Waals surface area contributed by atoms with Crippen LogP contribution in [0.1, 0.15) is 40.0 Å². The zero-order valence-corrected chi connectivity index (χ0v) is 10.9. The molecule has 0 aromatic carbocycles. The van der Waals surface area contributed by atoms with E-state index in [1.807, 2.05) is 6.08 Å². The van der Waals surface area contributed by atoms with E-state index in [-0.39, 0.29) is 0 Å². The molecule has 0 fully saturated rings. The second-order valence-corrected chi connectivity index (χ2v) is 4.75. The van der Waals surface area contributed by atoms with Crippen LogP contribution in [0.25, 0.3) is 0 Å². The molecule has 0 N–H and O–H groups in total. The summed E-state index contributed by atoms with van der Waals surface area (Å²) < 4.78 is 0. The van der Waals surface area contributed by atoms with Gasteiger partial charge in [0.1, 0.15) is 0 Å². The molecule has 0 nitrogen and oxygen atoms in total. The van der Waals surface area contributed by atoms with E-state index < -0.39 is 0 Å². The minimum atomic E-state index is 0.549. The molecule has 2 unspecified atom stereocenters. The molecule has 2 atom stereocenters. The lowest BCUT2D eigenvalue weighted by molar-refractivity contribution is 0.521. The van der Waals surface area contributed by atoms with E-state index in [4.69, 9.17) is 0 Å². The Hall–Kier alpha value is -1.04. The van der Waals surface area contributed by atoms with Crippen LogP contribution in [0.2, 0.25) is 0 Å². The zero-order chi connectivity index (χ0) is 12.0. The molecule has 0 saturated heterocycles. The van der Waals surface area contributed by atoms with Crippen molar-refractivity contribution in [3.05, 3.63) is 48.1 Å². The van der Waals surface area contributed by atoms with Gasteiger partial charge >= 0.3 is 0 Å². The SMILES string of the molecule is C=CC(=CCCC(C)CC)C1=CC=CC1C. The fourth-order valence-electron chi connectivity index (χ4n) is 1.99. The van der Waals surface area contributed by atoms with Crippen molar-refractivity contribution in [3.63, 3.8) is 0 Å². The monoisotopic (exact) mass is 216 g/mol. The van der Waals surface area contributed by atoms with Crippen LogP contribution in [0.5, 0.6) is 0 Å². The molecule has 88 valence electrons. The van der Waals surface area contributed by atoms with E-state index in [1.54, 1.807) is 0 Å². The lowest BCUT2D eigenvalue weighted by Crippen LogP contribution is -1.95. The molecule has 0 aromatic rings. The summed E-state index contributed by atoms with van der Waals surface area (Å²) in [6.45, 7) is 10.7. The van der Waals surface area contributed by atoms with Crippen LogP contribution in [-0.2, 0) is 0 Å². The Morgan fingerprint density at radius 2 is 2.31 bits per heavy atom. The lowest BCUT2D eigenvalue weighted by atomic mass is 9.94. The summed E-state index contributed by atoms with van der Waals surface area (Å²) in [5, 5.41) is 0. The van der Waals surface area contributed by atoms with Gasteiger partial charge in [-0.25, -0.2) is 0 Å². The molecule has 0 bridgehead atoms. The first-order valence-electron chi connectivity index (χ1n) is 6.40. The summed E-state index contributed by atoms with van der Waals surface area (Å²) in [7, 11) is 0. The maximum absolute atomic E-state index is 3.92. The third-order valence-corrected chi connectivity index (χ3v) is 3.44. The fourth-order valence-corrected chi connectivity index (χ4v) is 1.99. The van der Waals surface area contributed by atoms with Gasteiger partial charge in [0.2, 0.25) is 0 Å². The van der Waals surface area contributed by atoms with Gasteiger partial charge in [-0.05, 0) is 35.8 Å². The molecule has 0 saturated carbocycles. The summed E-state index contributed by atoms with van der Waals surface area (Å²) in [6.07, 6.45) is 14.6. The number of allylic oxidation sites excluding steroid dienone is 7. The van der Waals surface area contributed by atoms with E-state index in [0.717, 1.165) is 5.92 Å². The highest BCUT2D eigenvalue weighted by atomic mass is 14.2. The fraction of sp³-hybridized carbons (Fsp3) is 0.500. The predicted octanol–water partition coefficient (Wildman–Crippen LogP) is 5.06. The van der Waals surface area contributed by atoms with Crippen molar-refractivity contribution >= 4 is 0 Å². The quantitative estimate of drug-likeness (QED) is 0.544. The van der Waals surface area contributed by atoms with Crippen LogP contribution < -0.4 is 0 Å². The molecule has 0 amide bonds. The number of rotatable bonds is 6. The van der Waals surface area contributed by atoms with Crippen LogP contribution >= 0.6 is 0 Å². The van der Waals surface area contributed by atoms with Crippen molar-refractivity contribution < 1.29 is 0 Å². The van der Waals surface area contributed by atoms with Crippen LogP contribution in [-0.4, -0.2) is 0 Å². The van der Waals surface area contributed by atoms with Gasteiger partial charge in [0.15, 0.2) is 0 Å². The highest BCUT2D eigenvalue weighted by molar-refractivity contribution is 5.46. The minimum absolute atomic E-state index is 0.549. The van der Waals surface area contributed by atoms with E-state index in [1.165, 1.54) is 30.4 Å². The maximum Gasteiger partial charge on any atom is -0.000151 e. The van der Waals surface area contributed by atoms with Gasteiger partial charge in [-0.15, -0.1) is 0 Å². The average molecular weight is 216 g/mol. The van der Waals surface area contributed by atoms with Crippen molar-refractivity contribution in [1.82, 2.24) is 0 Å². The van der Waals surface area contributed by atoms with E-state index in [2.05, 4.69) is 51.7 Å². The van der Waals surface area contributed by atoms with Gasteiger partial charge in [0.25, 0.3) is 0 Å². The minimum Gasteiger partial charge on any atom is -0.0985 e. The molecule has 0 aromatic heterocycles. The molecule has 0 aliphatic heterocycles. The van der Waals surface area contributed by atoms with Crippen LogP contribution in [0.3, 0.4) is 0 Å². The third kappa shape index (κ3) is 3.52. The van der Waals surface area contributed by atoms with E-state index >= 15 is 0 Å². The largest absolute Gasteiger partial charge is 0.0985 e. The summed E-state index contributed by atoms with van der Waals surface area (Å²) in [5.74, 6) is 1.38. The number of hydrogen-bond donors (Lipinski definition) is 0. The summed E-state index contributed by atoms with van der Waals surface area (Å²) in [5.41, 5.74) is 2.74. The van der Waals surface area contributed by atoms with Gasteiger partial charge < -0.3 is 0 Å². The first kappa shape index (κ1) is 13.0. The molecular weight excluding hydrogens is 192 g/mol. The van der Waals surface area contributed by atoms with Crippen molar-refractivity contribution in [1.29, 1.82) is 0 Å².